The monoisotopic (exact) mass is 278 g/mol. The molecule has 0 aliphatic heterocycles. The van der Waals surface area contributed by atoms with Crippen molar-refractivity contribution in [1.29, 1.82) is 0 Å². The number of hydrogen-bond donors (Lipinski definition) is 0. The highest BCUT2D eigenvalue weighted by molar-refractivity contribution is 6.17. The predicted molar refractivity (Wildman–Crippen MR) is 75.6 cm³/mol. The lowest BCUT2D eigenvalue weighted by molar-refractivity contribution is 0.346. The first-order valence-corrected chi connectivity index (χ1v) is 6.35. The first kappa shape index (κ1) is 13.6. The van der Waals surface area contributed by atoms with Crippen molar-refractivity contribution < 1.29 is 14.2 Å². The largest absolute Gasteiger partial charge is 0.493 e. The first-order valence-electron chi connectivity index (χ1n) is 5.82. The van der Waals surface area contributed by atoms with Crippen molar-refractivity contribution in [3.05, 3.63) is 48.0 Å². The highest BCUT2D eigenvalue weighted by Crippen LogP contribution is 2.39. The number of benzene rings is 2. The summed E-state index contributed by atoms with van der Waals surface area (Å²) in [7, 11) is 3.19. The van der Waals surface area contributed by atoms with Gasteiger partial charge in [-0.3, -0.25) is 0 Å². The summed E-state index contributed by atoms with van der Waals surface area (Å²) >= 11 is 5.75. The lowest BCUT2D eigenvalue weighted by Crippen LogP contribution is -1.94. The SMILES string of the molecule is COc1cccc(OC)c1Oc1ccc(CCl)cc1. The van der Waals surface area contributed by atoms with E-state index in [2.05, 4.69) is 0 Å². The minimum Gasteiger partial charge on any atom is -0.493 e. The fourth-order valence-electron chi connectivity index (χ4n) is 1.68. The zero-order valence-corrected chi connectivity index (χ0v) is 11.6. The smallest absolute Gasteiger partial charge is 0.210 e. The van der Waals surface area contributed by atoms with Gasteiger partial charge in [0.25, 0.3) is 0 Å². The highest BCUT2D eigenvalue weighted by Gasteiger charge is 2.12. The molecule has 0 unspecified atom stereocenters. The van der Waals surface area contributed by atoms with Gasteiger partial charge >= 0.3 is 0 Å². The third kappa shape index (κ3) is 3.12. The molecule has 0 N–H and O–H groups in total. The van der Waals surface area contributed by atoms with Crippen LogP contribution in [0.2, 0.25) is 0 Å². The van der Waals surface area contributed by atoms with Crippen LogP contribution in [0.15, 0.2) is 42.5 Å². The summed E-state index contributed by atoms with van der Waals surface area (Å²) in [6.07, 6.45) is 0. The maximum absolute atomic E-state index is 5.83. The van der Waals surface area contributed by atoms with Gasteiger partial charge in [0.05, 0.1) is 14.2 Å². The molecule has 2 rings (SSSR count). The van der Waals surface area contributed by atoms with Gasteiger partial charge in [-0.15, -0.1) is 11.6 Å². The van der Waals surface area contributed by atoms with E-state index in [0.29, 0.717) is 28.9 Å². The van der Waals surface area contributed by atoms with Crippen LogP contribution >= 0.6 is 11.6 Å². The second-order valence-corrected chi connectivity index (χ2v) is 4.14. The van der Waals surface area contributed by atoms with Crippen LogP contribution in [0.1, 0.15) is 5.56 Å². The van der Waals surface area contributed by atoms with Crippen LogP contribution in [0, 0.1) is 0 Å². The fourth-order valence-corrected chi connectivity index (χ4v) is 1.86. The highest BCUT2D eigenvalue weighted by atomic mass is 35.5. The molecular formula is C15H15ClO3. The molecule has 0 bridgehead atoms. The van der Waals surface area contributed by atoms with E-state index in [1.54, 1.807) is 14.2 Å². The van der Waals surface area contributed by atoms with E-state index in [9.17, 15) is 0 Å². The van der Waals surface area contributed by atoms with Crippen LogP contribution in [0.25, 0.3) is 0 Å². The molecule has 2 aromatic rings. The molecule has 0 aliphatic carbocycles. The van der Waals surface area contributed by atoms with Crippen molar-refractivity contribution >= 4 is 11.6 Å². The third-order valence-electron chi connectivity index (χ3n) is 2.68. The molecule has 2 aromatic carbocycles. The van der Waals surface area contributed by atoms with Crippen LogP contribution in [-0.2, 0) is 5.88 Å². The average Bonchev–Trinajstić information content (AvgIpc) is 2.48. The number of para-hydroxylation sites is 1. The molecule has 4 heteroatoms. The number of ether oxygens (including phenoxy) is 3. The van der Waals surface area contributed by atoms with E-state index < -0.39 is 0 Å². The summed E-state index contributed by atoms with van der Waals surface area (Å²) in [5, 5.41) is 0. The molecule has 0 saturated carbocycles. The van der Waals surface area contributed by atoms with E-state index in [1.165, 1.54) is 0 Å². The fraction of sp³-hybridized carbons (Fsp3) is 0.200. The minimum absolute atomic E-state index is 0.484. The molecule has 100 valence electrons. The lowest BCUT2D eigenvalue weighted by atomic mass is 10.2. The van der Waals surface area contributed by atoms with E-state index >= 15 is 0 Å². The Morgan fingerprint density at radius 2 is 1.47 bits per heavy atom. The van der Waals surface area contributed by atoms with Gasteiger partial charge in [-0.2, -0.15) is 0 Å². The number of halogens is 1. The molecule has 0 radical (unpaired) electrons. The van der Waals surface area contributed by atoms with Crippen molar-refractivity contribution in [2.24, 2.45) is 0 Å². The molecular weight excluding hydrogens is 264 g/mol. The van der Waals surface area contributed by atoms with Gasteiger partial charge in [0.15, 0.2) is 11.5 Å². The van der Waals surface area contributed by atoms with E-state index in [1.807, 2.05) is 42.5 Å². The number of methoxy groups -OCH3 is 2. The number of hydrogen-bond acceptors (Lipinski definition) is 3. The van der Waals surface area contributed by atoms with Crippen molar-refractivity contribution in [2.45, 2.75) is 5.88 Å². The van der Waals surface area contributed by atoms with Crippen molar-refractivity contribution in [3.63, 3.8) is 0 Å². The Kier molecular flexibility index (Phi) is 4.53. The molecule has 0 spiro atoms. The van der Waals surface area contributed by atoms with Crippen LogP contribution in [0.5, 0.6) is 23.0 Å². The Labute approximate surface area is 117 Å². The molecule has 0 aromatic heterocycles. The lowest BCUT2D eigenvalue weighted by Gasteiger charge is -2.13. The molecule has 0 fully saturated rings. The second kappa shape index (κ2) is 6.34. The zero-order chi connectivity index (χ0) is 13.7. The quantitative estimate of drug-likeness (QED) is 0.766. The van der Waals surface area contributed by atoms with Crippen molar-refractivity contribution in [2.75, 3.05) is 14.2 Å². The van der Waals surface area contributed by atoms with Gasteiger partial charge in [0.2, 0.25) is 5.75 Å². The summed E-state index contributed by atoms with van der Waals surface area (Å²) in [6.45, 7) is 0. The molecule has 0 aliphatic rings. The Balaban J connectivity index is 2.30. The van der Waals surface area contributed by atoms with Gasteiger partial charge in [0, 0.05) is 5.88 Å². The summed E-state index contributed by atoms with van der Waals surface area (Å²) in [6, 6.07) is 13.1. The Morgan fingerprint density at radius 3 is 1.95 bits per heavy atom. The maximum atomic E-state index is 5.83. The molecule has 0 saturated heterocycles. The number of alkyl halides is 1. The van der Waals surface area contributed by atoms with Crippen molar-refractivity contribution in [3.8, 4) is 23.0 Å². The van der Waals surface area contributed by atoms with Crippen LogP contribution in [-0.4, -0.2) is 14.2 Å². The van der Waals surface area contributed by atoms with E-state index in [-0.39, 0.29) is 0 Å². The molecule has 0 atom stereocenters. The summed E-state index contributed by atoms with van der Waals surface area (Å²) in [4.78, 5) is 0. The Bertz CT molecular complexity index is 515. The average molecular weight is 279 g/mol. The van der Waals surface area contributed by atoms with E-state index in [4.69, 9.17) is 25.8 Å². The van der Waals surface area contributed by atoms with Crippen LogP contribution < -0.4 is 14.2 Å². The van der Waals surface area contributed by atoms with Crippen LogP contribution in [0.3, 0.4) is 0 Å². The van der Waals surface area contributed by atoms with Gasteiger partial charge in [-0.25, -0.2) is 0 Å². The normalized spacial score (nSPS) is 10.1. The minimum atomic E-state index is 0.484. The van der Waals surface area contributed by atoms with Gasteiger partial charge in [-0.05, 0) is 29.8 Å². The first-order chi connectivity index (χ1) is 9.28. The molecule has 0 heterocycles. The summed E-state index contributed by atoms with van der Waals surface area (Å²) in [5.41, 5.74) is 1.04. The van der Waals surface area contributed by atoms with Gasteiger partial charge < -0.3 is 14.2 Å². The molecule has 3 nitrogen and oxygen atoms in total. The number of rotatable bonds is 5. The zero-order valence-electron chi connectivity index (χ0n) is 10.9. The second-order valence-electron chi connectivity index (χ2n) is 3.87. The summed E-state index contributed by atoms with van der Waals surface area (Å²) in [5.74, 6) is 3.00. The standard InChI is InChI=1S/C15H15ClO3/c1-17-13-4-3-5-14(18-2)15(13)19-12-8-6-11(10-16)7-9-12/h3-9H,10H2,1-2H3. The Morgan fingerprint density at radius 1 is 0.895 bits per heavy atom. The topological polar surface area (TPSA) is 27.7 Å². The van der Waals surface area contributed by atoms with Gasteiger partial charge in [-0.1, -0.05) is 18.2 Å². The third-order valence-corrected chi connectivity index (χ3v) is 2.99. The van der Waals surface area contributed by atoms with Crippen molar-refractivity contribution in [1.82, 2.24) is 0 Å². The molecule has 0 amide bonds. The summed E-state index contributed by atoms with van der Waals surface area (Å²) < 4.78 is 16.4. The van der Waals surface area contributed by atoms with Gasteiger partial charge in [0.1, 0.15) is 5.75 Å². The maximum Gasteiger partial charge on any atom is 0.210 e. The molecule has 19 heavy (non-hydrogen) atoms. The predicted octanol–water partition coefficient (Wildman–Crippen LogP) is 4.23. The van der Waals surface area contributed by atoms with E-state index in [0.717, 1.165) is 5.56 Å². The van der Waals surface area contributed by atoms with Crippen LogP contribution in [0.4, 0.5) is 0 Å². The Hall–Kier alpha value is -1.87.